The molecule has 0 unspecified atom stereocenters. The van der Waals surface area contributed by atoms with Gasteiger partial charge < -0.3 is 9.47 Å². The highest BCUT2D eigenvalue weighted by molar-refractivity contribution is 6.88. The number of nitrogens with zero attached hydrogens (tertiary/aromatic N) is 2. The molecule has 0 saturated heterocycles. The minimum absolute atomic E-state index is 0.0785. The maximum absolute atomic E-state index is 2.52. The van der Waals surface area contributed by atoms with Crippen molar-refractivity contribution in [2.24, 2.45) is 0 Å². The third-order valence-corrected chi connectivity index (χ3v) is 14.3. The third kappa shape index (κ3) is 6.32. The monoisotopic (exact) mass is 778 g/mol. The van der Waals surface area contributed by atoms with Gasteiger partial charge in [-0.1, -0.05) is 167 Å². The Morgan fingerprint density at radius 1 is 0.525 bits per heavy atom. The number of fused-ring (bicyclic) bond motifs is 3. The summed E-state index contributed by atoms with van der Waals surface area (Å²) in [5.41, 5.74) is 11.9. The van der Waals surface area contributed by atoms with E-state index in [2.05, 4.69) is 233 Å². The molecule has 0 spiro atoms. The van der Waals surface area contributed by atoms with Crippen LogP contribution in [0.2, 0.25) is 19.6 Å². The van der Waals surface area contributed by atoms with Crippen LogP contribution in [0, 0.1) is 0 Å². The Morgan fingerprint density at radius 3 is 1.93 bits per heavy atom. The Labute approximate surface area is 349 Å². The second-order valence-electron chi connectivity index (χ2n) is 18.3. The van der Waals surface area contributed by atoms with E-state index < -0.39 is 8.07 Å². The zero-order valence-corrected chi connectivity index (χ0v) is 36.1. The Balaban J connectivity index is 1.18. The first-order valence-electron chi connectivity index (χ1n) is 21.0. The van der Waals surface area contributed by atoms with Crippen molar-refractivity contribution < 1.29 is 0 Å². The molecule has 0 aliphatic carbocycles. The van der Waals surface area contributed by atoms with Gasteiger partial charge in [0.25, 0.3) is 0 Å². The van der Waals surface area contributed by atoms with Crippen molar-refractivity contribution in [3.05, 3.63) is 181 Å². The van der Waals surface area contributed by atoms with E-state index in [4.69, 9.17) is 0 Å². The molecule has 0 aliphatic rings. The molecule has 0 N–H and O–H groups in total. The lowest BCUT2D eigenvalue weighted by molar-refractivity contribution is 0.590. The molecular formula is C56H50N2Si. The first kappa shape index (κ1) is 36.9. The molecule has 0 aliphatic heterocycles. The van der Waals surface area contributed by atoms with E-state index in [0.29, 0.717) is 0 Å². The lowest BCUT2D eigenvalue weighted by Gasteiger charge is -2.31. The van der Waals surface area contributed by atoms with Gasteiger partial charge in [-0.25, -0.2) is 0 Å². The van der Waals surface area contributed by atoms with Crippen molar-refractivity contribution >= 4 is 90.5 Å². The van der Waals surface area contributed by atoms with Gasteiger partial charge in [-0.3, -0.25) is 0 Å². The summed E-state index contributed by atoms with van der Waals surface area (Å²) >= 11 is 0. The van der Waals surface area contributed by atoms with Crippen molar-refractivity contribution in [2.75, 3.05) is 4.90 Å². The topological polar surface area (TPSA) is 8.17 Å². The maximum Gasteiger partial charge on any atom is 0.0775 e. The van der Waals surface area contributed by atoms with Crippen LogP contribution >= 0.6 is 0 Å². The SMILES string of the molecule is C/C=C/c1ccc2c3ccccc3n(-c3ccc(-c4cc(N(c5ccc([Si](C)(C)C)cc5)c5cc6cccc7ccc8cccc5c8c76)cc(C(C)(C)C)c4)cc3)c2c1. The van der Waals surface area contributed by atoms with E-state index in [1.54, 1.807) is 0 Å². The van der Waals surface area contributed by atoms with E-state index in [1.165, 1.54) is 87.3 Å². The maximum atomic E-state index is 2.52. The summed E-state index contributed by atoms with van der Waals surface area (Å²) in [5.74, 6) is 0. The van der Waals surface area contributed by atoms with E-state index >= 15 is 0 Å². The van der Waals surface area contributed by atoms with E-state index in [0.717, 1.165) is 17.1 Å². The van der Waals surface area contributed by atoms with Gasteiger partial charge in [-0.15, -0.1) is 0 Å². The zero-order valence-electron chi connectivity index (χ0n) is 35.1. The molecule has 0 atom stereocenters. The Bertz CT molecular complexity index is 3220. The van der Waals surface area contributed by atoms with Gasteiger partial charge in [-0.2, -0.15) is 0 Å². The molecule has 9 aromatic carbocycles. The van der Waals surface area contributed by atoms with Crippen LogP contribution in [-0.2, 0) is 5.41 Å². The van der Waals surface area contributed by atoms with Gasteiger partial charge in [0.05, 0.1) is 24.8 Å². The molecule has 1 aromatic heterocycles. The van der Waals surface area contributed by atoms with Crippen LogP contribution < -0.4 is 10.1 Å². The van der Waals surface area contributed by atoms with Crippen molar-refractivity contribution in [1.82, 2.24) is 4.57 Å². The van der Waals surface area contributed by atoms with Crippen molar-refractivity contribution in [2.45, 2.75) is 52.8 Å². The first-order valence-corrected chi connectivity index (χ1v) is 24.5. The summed E-state index contributed by atoms with van der Waals surface area (Å²) in [6, 6.07) is 61.9. The fraction of sp³-hybridized carbons (Fsp3) is 0.143. The molecule has 10 rings (SSSR count). The smallest absolute Gasteiger partial charge is 0.0775 e. The van der Waals surface area contributed by atoms with E-state index in [1.807, 2.05) is 0 Å². The molecule has 0 fully saturated rings. The molecule has 0 amide bonds. The van der Waals surface area contributed by atoms with Gasteiger partial charge >= 0.3 is 0 Å². The highest BCUT2D eigenvalue weighted by atomic mass is 28.3. The predicted octanol–water partition coefficient (Wildman–Crippen LogP) is 15.7. The van der Waals surface area contributed by atoms with E-state index in [9.17, 15) is 0 Å². The van der Waals surface area contributed by atoms with Gasteiger partial charge in [0.1, 0.15) is 0 Å². The largest absolute Gasteiger partial charge is 0.310 e. The standard InChI is InChI=1S/C56H50N2Si/c1-8-13-37-20-31-49-48-17-9-10-19-51(48)58(52(49)32-37)45-25-23-38(24-26-45)42-33-43(56(2,3)4)36-46(34-42)57(44-27-29-47(30-28-44)59(5,6)7)53-35-41-16-11-14-39-21-22-40-15-12-18-50(53)55(40)54(39)41/h8-36H,1-7H3/b13-8+. The van der Waals surface area contributed by atoms with Gasteiger partial charge in [0.15, 0.2) is 0 Å². The second-order valence-corrected chi connectivity index (χ2v) is 23.3. The minimum Gasteiger partial charge on any atom is -0.310 e. The second kappa shape index (κ2) is 13.9. The molecule has 288 valence electrons. The average Bonchev–Trinajstić information content (AvgIpc) is 3.56. The van der Waals surface area contributed by atoms with Crippen LogP contribution in [0.3, 0.4) is 0 Å². The van der Waals surface area contributed by atoms with Crippen LogP contribution in [0.4, 0.5) is 17.1 Å². The van der Waals surface area contributed by atoms with E-state index in [-0.39, 0.29) is 5.41 Å². The summed E-state index contributed by atoms with van der Waals surface area (Å²) in [4.78, 5) is 2.52. The normalized spacial score (nSPS) is 12.6. The number of benzene rings is 9. The van der Waals surface area contributed by atoms with Crippen molar-refractivity contribution in [3.63, 3.8) is 0 Å². The van der Waals surface area contributed by atoms with Crippen LogP contribution in [0.15, 0.2) is 170 Å². The summed E-state index contributed by atoms with van der Waals surface area (Å²) in [7, 11) is -1.52. The Kier molecular flexibility index (Phi) is 8.66. The number of anilines is 3. The molecule has 10 aromatic rings. The Morgan fingerprint density at radius 2 is 1.20 bits per heavy atom. The molecule has 1 heterocycles. The number of aromatic nitrogens is 1. The van der Waals surface area contributed by atoms with Crippen LogP contribution in [0.1, 0.15) is 38.8 Å². The molecule has 59 heavy (non-hydrogen) atoms. The third-order valence-electron chi connectivity index (χ3n) is 12.3. The zero-order chi connectivity index (χ0) is 40.6. The lowest BCUT2D eigenvalue weighted by Crippen LogP contribution is -2.37. The van der Waals surface area contributed by atoms with Gasteiger partial charge in [-0.05, 0) is 116 Å². The molecule has 0 bridgehead atoms. The first-order chi connectivity index (χ1) is 28.5. The molecule has 3 heteroatoms. The fourth-order valence-electron chi connectivity index (χ4n) is 9.17. The minimum atomic E-state index is -1.52. The summed E-state index contributed by atoms with van der Waals surface area (Å²) in [6.45, 7) is 16.3. The predicted molar refractivity (Wildman–Crippen MR) is 261 cm³/mol. The molecule has 0 saturated carbocycles. The number of para-hydroxylation sites is 1. The quantitative estimate of drug-likeness (QED) is 0.116. The highest BCUT2D eigenvalue weighted by Crippen LogP contribution is 2.46. The van der Waals surface area contributed by atoms with Crippen molar-refractivity contribution in [3.8, 4) is 16.8 Å². The molecule has 2 nitrogen and oxygen atoms in total. The number of hydrogen-bond donors (Lipinski definition) is 0. The van der Waals surface area contributed by atoms with Gasteiger partial charge in [0.2, 0.25) is 0 Å². The summed E-state index contributed by atoms with van der Waals surface area (Å²) in [6.07, 6.45) is 4.29. The molecule has 0 radical (unpaired) electrons. The fourth-order valence-corrected chi connectivity index (χ4v) is 10.3. The number of rotatable bonds is 7. The summed E-state index contributed by atoms with van der Waals surface area (Å²) in [5, 5.41) is 11.7. The number of allylic oxidation sites excluding steroid dienone is 1. The highest BCUT2D eigenvalue weighted by Gasteiger charge is 2.24. The van der Waals surface area contributed by atoms with Crippen LogP contribution in [-0.4, -0.2) is 12.6 Å². The van der Waals surface area contributed by atoms with Gasteiger partial charge in [0, 0.05) is 33.2 Å². The Hall–Kier alpha value is -6.42. The van der Waals surface area contributed by atoms with Crippen LogP contribution in [0.25, 0.3) is 77.0 Å². The van der Waals surface area contributed by atoms with Crippen LogP contribution in [0.5, 0.6) is 0 Å². The lowest BCUT2D eigenvalue weighted by atomic mass is 9.84. The number of hydrogen-bond acceptors (Lipinski definition) is 1. The average molecular weight is 779 g/mol. The summed E-state index contributed by atoms with van der Waals surface area (Å²) < 4.78 is 2.42. The van der Waals surface area contributed by atoms with Crippen molar-refractivity contribution in [1.29, 1.82) is 0 Å². The molecular weight excluding hydrogens is 729 g/mol.